The lowest BCUT2D eigenvalue weighted by molar-refractivity contribution is -0.142. The Labute approximate surface area is 106 Å². The van der Waals surface area contributed by atoms with Crippen LogP contribution in [-0.2, 0) is 11.8 Å². The minimum atomic E-state index is -0.897. The Bertz CT molecular complexity index is 451. The molecule has 18 heavy (non-hydrogen) atoms. The fraction of sp³-hybridized carbons (Fsp3) is 0.583. The van der Waals surface area contributed by atoms with E-state index in [1.54, 1.807) is 20.0 Å². The highest BCUT2D eigenvalue weighted by Crippen LogP contribution is 2.10. The van der Waals surface area contributed by atoms with E-state index in [1.807, 2.05) is 13.8 Å². The van der Waals surface area contributed by atoms with Crippen LogP contribution in [0.3, 0.4) is 0 Å². The van der Waals surface area contributed by atoms with Crippen molar-refractivity contribution in [1.29, 1.82) is 0 Å². The fourth-order valence-electron chi connectivity index (χ4n) is 1.72. The molecule has 1 aromatic rings. The molecule has 0 saturated heterocycles. The maximum Gasteiger partial charge on any atom is 0.308 e. The molecule has 6 heteroatoms. The SMILES string of the molecule is Cc1cc(C(=O)NCC(C(=O)O)C(C)C)n(C)n1. The summed E-state index contributed by atoms with van der Waals surface area (Å²) in [5.74, 6) is -1.81. The molecule has 0 saturated carbocycles. The average Bonchev–Trinajstić information content (AvgIpc) is 2.56. The van der Waals surface area contributed by atoms with E-state index in [2.05, 4.69) is 10.4 Å². The van der Waals surface area contributed by atoms with Gasteiger partial charge in [-0.25, -0.2) is 0 Å². The minimum Gasteiger partial charge on any atom is -0.481 e. The molecule has 1 heterocycles. The van der Waals surface area contributed by atoms with Crippen molar-refractivity contribution in [2.24, 2.45) is 18.9 Å². The molecule has 100 valence electrons. The van der Waals surface area contributed by atoms with Crippen molar-refractivity contribution in [1.82, 2.24) is 15.1 Å². The lowest BCUT2D eigenvalue weighted by Crippen LogP contribution is -2.36. The molecule has 1 aromatic heterocycles. The summed E-state index contributed by atoms with van der Waals surface area (Å²) >= 11 is 0. The largest absolute Gasteiger partial charge is 0.481 e. The first kappa shape index (κ1) is 14.2. The molecule has 0 aromatic carbocycles. The van der Waals surface area contributed by atoms with E-state index in [0.717, 1.165) is 5.69 Å². The van der Waals surface area contributed by atoms with Crippen LogP contribution in [0.25, 0.3) is 0 Å². The van der Waals surface area contributed by atoms with E-state index >= 15 is 0 Å². The van der Waals surface area contributed by atoms with Crippen molar-refractivity contribution in [3.8, 4) is 0 Å². The number of amides is 1. The van der Waals surface area contributed by atoms with Crippen LogP contribution in [0.5, 0.6) is 0 Å². The fourth-order valence-corrected chi connectivity index (χ4v) is 1.72. The number of hydrogen-bond donors (Lipinski definition) is 2. The van der Waals surface area contributed by atoms with E-state index in [4.69, 9.17) is 5.11 Å². The van der Waals surface area contributed by atoms with Crippen LogP contribution < -0.4 is 5.32 Å². The number of carbonyl (C=O) groups excluding carboxylic acids is 1. The molecule has 0 spiro atoms. The van der Waals surface area contributed by atoms with Gasteiger partial charge in [-0.1, -0.05) is 13.8 Å². The number of carboxylic acids is 1. The zero-order valence-corrected chi connectivity index (χ0v) is 11.1. The van der Waals surface area contributed by atoms with Gasteiger partial charge in [0.1, 0.15) is 5.69 Å². The van der Waals surface area contributed by atoms with E-state index < -0.39 is 11.9 Å². The number of aromatic nitrogens is 2. The first-order chi connectivity index (χ1) is 8.32. The van der Waals surface area contributed by atoms with E-state index in [1.165, 1.54) is 4.68 Å². The average molecular weight is 253 g/mol. The summed E-state index contributed by atoms with van der Waals surface area (Å²) in [5, 5.41) is 15.7. The third-order valence-electron chi connectivity index (χ3n) is 2.84. The minimum absolute atomic E-state index is 0.0314. The molecular weight excluding hydrogens is 234 g/mol. The van der Waals surface area contributed by atoms with Gasteiger partial charge in [-0.3, -0.25) is 14.3 Å². The summed E-state index contributed by atoms with van der Waals surface area (Å²) in [6.07, 6.45) is 0. The van der Waals surface area contributed by atoms with Gasteiger partial charge in [-0.05, 0) is 18.9 Å². The molecular formula is C12H19N3O3. The van der Waals surface area contributed by atoms with Gasteiger partial charge < -0.3 is 10.4 Å². The lowest BCUT2D eigenvalue weighted by atomic mass is 9.96. The Morgan fingerprint density at radius 2 is 2.11 bits per heavy atom. The van der Waals surface area contributed by atoms with Crippen molar-refractivity contribution >= 4 is 11.9 Å². The zero-order valence-electron chi connectivity index (χ0n) is 11.1. The van der Waals surface area contributed by atoms with Crippen LogP contribution in [0.1, 0.15) is 30.0 Å². The smallest absolute Gasteiger partial charge is 0.308 e. The van der Waals surface area contributed by atoms with Crippen molar-refractivity contribution in [2.75, 3.05) is 6.54 Å². The highest BCUT2D eigenvalue weighted by atomic mass is 16.4. The normalized spacial score (nSPS) is 12.5. The van der Waals surface area contributed by atoms with Gasteiger partial charge in [0.15, 0.2) is 0 Å². The van der Waals surface area contributed by atoms with Gasteiger partial charge >= 0.3 is 5.97 Å². The quantitative estimate of drug-likeness (QED) is 0.813. The highest BCUT2D eigenvalue weighted by Gasteiger charge is 2.22. The zero-order chi connectivity index (χ0) is 13.9. The van der Waals surface area contributed by atoms with Crippen LogP contribution in [0.15, 0.2) is 6.07 Å². The van der Waals surface area contributed by atoms with E-state index in [9.17, 15) is 9.59 Å². The molecule has 6 nitrogen and oxygen atoms in total. The molecule has 2 N–H and O–H groups in total. The molecule has 1 amide bonds. The lowest BCUT2D eigenvalue weighted by Gasteiger charge is -2.16. The second kappa shape index (κ2) is 5.66. The van der Waals surface area contributed by atoms with Gasteiger partial charge in [0.05, 0.1) is 11.6 Å². The van der Waals surface area contributed by atoms with Gasteiger partial charge in [-0.2, -0.15) is 5.10 Å². The summed E-state index contributed by atoms with van der Waals surface area (Å²) in [5.41, 5.74) is 1.18. The molecule has 0 aliphatic carbocycles. The molecule has 1 unspecified atom stereocenters. The van der Waals surface area contributed by atoms with Gasteiger partial charge in [-0.15, -0.1) is 0 Å². The van der Waals surface area contributed by atoms with Crippen LogP contribution in [0, 0.1) is 18.8 Å². The Balaban J connectivity index is 2.66. The van der Waals surface area contributed by atoms with E-state index in [0.29, 0.717) is 5.69 Å². The monoisotopic (exact) mass is 253 g/mol. The van der Waals surface area contributed by atoms with Crippen molar-refractivity contribution in [3.63, 3.8) is 0 Å². The number of nitrogens with one attached hydrogen (secondary N) is 1. The Morgan fingerprint density at radius 1 is 1.50 bits per heavy atom. The Hall–Kier alpha value is -1.85. The summed E-state index contributed by atoms with van der Waals surface area (Å²) in [6.45, 7) is 5.55. The molecule has 0 fully saturated rings. The van der Waals surface area contributed by atoms with Crippen LogP contribution in [0.4, 0.5) is 0 Å². The topological polar surface area (TPSA) is 84.2 Å². The van der Waals surface area contributed by atoms with Crippen molar-refractivity contribution < 1.29 is 14.7 Å². The second-order valence-electron chi connectivity index (χ2n) is 4.69. The summed E-state index contributed by atoms with van der Waals surface area (Å²) in [4.78, 5) is 22.9. The summed E-state index contributed by atoms with van der Waals surface area (Å²) in [7, 11) is 1.68. The summed E-state index contributed by atoms with van der Waals surface area (Å²) < 4.78 is 1.48. The Kier molecular flexibility index (Phi) is 4.47. The maximum atomic E-state index is 11.9. The molecule has 1 rings (SSSR count). The summed E-state index contributed by atoms with van der Waals surface area (Å²) in [6, 6.07) is 1.67. The van der Waals surface area contributed by atoms with Crippen molar-refractivity contribution in [2.45, 2.75) is 20.8 Å². The second-order valence-corrected chi connectivity index (χ2v) is 4.69. The number of aliphatic carboxylic acids is 1. The van der Waals surface area contributed by atoms with Gasteiger partial charge in [0.2, 0.25) is 0 Å². The van der Waals surface area contributed by atoms with Crippen LogP contribution in [0.2, 0.25) is 0 Å². The first-order valence-corrected chi connectivity index (χ1v) is 5.84. The van der Waals surface area contributed by atoms with E-state index in [-0.39, 0.29) is 18.4 Å². The van der Waals surface area contributed by atoms with Crippen molar-refractivity contribution in [3.05, 3.63) is 17.5 Å². The number of rotatable bonds is 5. The molecule has 0 bridgehead atoms. The number of carboxylic acid groups (broad SMARTS) is 1. The van der Waals surface area contributed by atoms with Crippen LogP contribution >= 0.6 is 0 Å². The number of nitrogens with zero attached hydrogens (tertiary/aromatic N) is 2. The number of aryl methyl sites for hydroxylation is 2. The Morgan fingerprint density at radius 3 is 2.50 bits per heavy atom. The molecule has 0 radical (unpaired) electrons. The number of carbonyl (C=O) groups is 2. The predicted octanol–water partition coefficient (Wildman–Crippen LogP) is 0.815. The predicted molar refractivity (Wildman–Crippen MR) is 66.2 cm³/mol. The third-order valence-corrected chi connectivity index (χ3v) is 2.84. The highest BCUT2D eigenvalue weighted by molar-refractivity contribution is 5.92. The maximum absolute atomic E-state index is 11.9. The standard InChI is InChI=1S/C12H19N3O3/c1-7(2)9(12(17)18)6-13-11(16)10-5-8(3)14-15(10)4/h5,7,9H,6H2,1-4H3,(H,13,16)(H,17,18). The molecule has 0 aliphatic heterocycles. The van der Waals surface area contributed by atoms with Crippen LogP contribution in [-0.4, -0.2) is 33.3 Å². The van der Waals surface area contributed by atoms with Gasteiger partial charge in [0, 0.05) is 13.6 Å². The third kappa shape index (κ3) is 3.32. The first-order valence-electron chi connectivity index (χ1n) is 5.84. The number of hydrogen-bond acceptors (Lipinski definition) is 3. The van der Waals surface area contributed by atoms with Gasteiger partial charge in [0.25, 0.3) is 5.91 Å². The molecule has 1 atom stereocenters. The molecule has 0 aliphatic rings.